The number of rotatable bonds is 9. The van der Waals surface area contributed by atoms with Gasteiger partial charge in [-0.3, -0.25) is 9.10 Å². The van der Waals surface area contributed by atoms with Crippen molar-refractivity contribution in [3.8, 4) is 11.5 Å². The van der Waals surface area contributed by atoms with E-state index in [1.807, 2.05) is 6.92 Å². The molecule has 0 aromatic heterocycles. The van der Waals surface area contributed by atoms with Crippen LogP contribution in [0.1, 0.15) is 18.4 Å². The SMILES string of the molecule is COc1ccc(N(CC(=O)NC[C@@H]2CCCO2)S(=O)(=O)c2ccc(C)cc2)cc1OC. The quantitative estimate of drug-likeness (QED) is 0.634. The molecule has 1 N–H and O–H groups in total. The Bertz CT molecular complexity index is 1000. The normalized spacial score (nSPS) is 16.0. The molecule has 0 spiro atoms. The lowest BCUT2D eigenvalue weighted by atomic mass is 10.2. The number of carbonyl (C=O) groups excluding carboxylic acids is 1. The number of anilines is 1. The van der Waals surface area contributed by atoms with E-state index >= 15 is 0 Å². The molecule has 2 aromatic carbocycles. The molecule has 0 radical (unpaired) electrons. The summed E-state index contributed by atoms with van der Waals surface area (Å²) < 4.78 is 44.0. The summed E-state index contributed by atoms with van der Waals surface area (Å²) >= 11 is 0. The van der Waals surface area contributed by atoms with Crippen molar-refractivity contribution < 1.29 is 27.4 Å². The molecular formula is C22H28N2O6S. The Morgan fingerprint density at radius 3 is 2.45 bits per heavy atom. The number of hydrogen-bond acceptors (Lipinski definition) is 6. The third-order valence-corrected chi connectivity index (χ3v) is 6.89. The molecule has 0 saturated carbocycles. The number of ether oxygens (including phenoxy) is 3. The topological polar surface area (TPSA) is 94.2 Å². The van der Waals surface area contributed by atoms with E-state index in [4.69, 9.17) is 14.2 Å². The number of methoxy groups -OCH3 is 2. The van der Waals surface area contributed by atoms with Gasteiger partial charge in [0.15, 0.2) is 11.5 Å². The fourth-order valence-corrected chi connectivity index (χ4v) is 4.76. The van der Waals surface area contributed by atoms with Gasteiger partial charge in [-0.25, -0.2) is 8.42 Å². The summed E-state index contributed by atoms with van der Waals surface area (Å²) in [5, 5.41) is 2.78. The van der Waals surface area contributed by atoms with Gasteiger partial charge >= 0.3 is 0 Å². The Hall–Kier alpha value is -2.78. The smallest absolute Gasteiger partial charge is 0.264 e. The van der Waals surface area contributed by atoms with Crippen LogP contribution >= 0.6 is 0 Å². The first-order valence-corrected chi connectivity index (χ1v) is 11.5. The molecule has 9 heteroatoms. The maximum atomic E-state index is 13.4. The fraction of sp³-hybridized carbons (Fsp3) is 0.409. The lowest BCUT2D eigenvalue weighted by Crippen LogP contribution is -2.42. The zero-order chi connectivity index (χ0) is 22.4. The van der Waals surface area contributed by atoms with Gasteiger partial charge < -0.3 is 19.5 Å². The number of benzene rings is 2. The third kappa shape index (κ3) is 5.48. The summed E-state index contributed by atoms with van der Waals surface area (Å²) in [7, 11) is -1.04. The monoisotopic (exact) mass is 448 g/mol. The van der Waals surface area contributed by atoms with Gasteiger partial charge in [-0.2, -0.15) is 0 Å². The molecule has 1 fully saturated rings. The number of nitrogens with zero attached hydrogens (tertiary/aromatic N) is 1. The van der Waals surface area contributed by atoms with E-state index in [0.717, 1.165) is 22.7 Å². The molecule has 31 heavy (non-hydrogen) atoms. The van der Waals surface area contributed by atoms with E-state index in [9.17, 15) is 13.2 Å². The van der Waals surface area contributed by atoms with E-state index in [-0.39, 0.29) is 17.5 Å². The lowest BCUT2D eigenvalue weighted by Gasteiger charge is -2.25. The van der Waals surface area contributed by atoms with Crippen LogP contribution in [0.25, 0.3) is 0 Å². The second-order valence-corrected chi connectivity index (χ2v) is 9.17. The standard InChI is InChI=1S/C22H28N2O6S/c1-16-6-9-19(10-7-16)31(26,27)24(15-22(25)23-14-18-5-4-12-30-18)17-8-11-20(28-2)21(13-17)29-3/h6-11,13,18H,4-5,12,14-15H2,1-3H3,(H,23,25)/t18-/m0/s1. The molecule has 1 amide bonds. The summed E-state index contributed by atoms with van der Waals surface area (Å²) in [6, 6.07) is 11.2. The summed E-state index contributed by atoms with van der Waals surface area (Å²) in [5.74, 6) is 0.409. The summed E-state index contributed by atoms with van der Waals surface area (Å²) in [5.41, 5.74) is 1.23. The van der Waals surface area contributed by atoms with Gasteiger partial charge in [-0.05, 0) is 44.0 Å². The molecule has 2 aromatic rings. The van der Waals surface area contributed by atoms with E-state index in [0.29, 0.717) is 30.3 Å². The number of nitrogens with one attached hydrogen (secondary N) is 1. The van der Waals surface area contributed by atoms with Crippen LogP contribution in [0, 0.1) is 6.92 Å². The summed E-state index contributed by atoms with van der Waals surface area (Å²) in [6.45, 7) is 2.53. The summed E-state index contributed by atoms with van der Waals surface area (Å²) in [6.07, 6.45) is 1.80. The van der Waals surface area contributed by atoms with Crippen molar-refractivity contribution >= 4 is 21.6 Å². The molecule has 0 unspecified atom stereocenters. The second-order valence-electron chi connectivity index (χ2n) is 7.30. The van der Waals surface area contributed by atoms with E-state index in [2.05, 4.69) is 5.32 Å². The fourth-order valence-electron chi connectivity index (χ4n) is 3.35. The molecule has 1 aliphatic heterocycles. The van der Waals surface area contributed by atoms with Crippen molar-refractivity contribution in [3.63, 3.8) is 0 Å². The van der Waals surface area contributed by atoms with E-state index in [1.54, 1.807) is 24.3 Å². The largest absolute Gasteiger partial charge is 0.493 e. The highest BCUT2D eigenvalue weighted by Crippen LogP contribution is 2.33. The average molecular weight is 449 g/mol. The van der Waals surface area contributed by atoms with Crippen molar-refractivity contribution in [2.45, 2.75) is 30.8 Å². The van der Waals surface area contributed by atoms with Gasteiger partial charge in [0.1, 0.15) is 6.54 Å². The maximum absolute atomic E-state index is 13.4. The average Bonchev–Trinajstić information content (AvgIpc) is 3.29. The highest BCUT2D eigenvalue weighted by atomic mass is 32.2. The Labute approximate surface area is 183 Å². The first kappa shape index (κ1) is 22.9. The minimum atomic E-state index is -4.00. The van der Waals surface area contributed by atoms with Crippen molar-refractivity contribution in [3.05, 3.63) is 48.0 Å². The molecule has 1 heterocycles. The maximum Gasteiger partial charge on any atom is 0.264 e. The van der Waals surface area contributed by atoms with Gasteiger partial charge in [-0.15, -0.1) is 0 Å². The first-order chi connectivity index (χ1) is 14.8. The number of sulfonamides is 1. The van der Waals surface area contributed by atoms with Crippen molar-refractivity contribution in [2.24, 2.45) is 0 Å². The predicted octanol–water partition coefficient (Wildman–Crippen LogP) is 2.50. The molecule has 1 aliphatic rings. The molecule has 3 rings (SSSR count). The number of hydrogen-bond donors (Lipinski definition) is 1. The Balaban J connectivity index is 1.91. The van der Waals surface area contributed by atoms with Crippen molar-refractivity contribution in [1.29, 1.82) is 0 Å². The van der Waals surface area contributed by atoms with Crippen LogP contribution in [0.5, 0.6) is 11.5 Å². The number of aryl methyl sites for hydroxylation is 1. The van der Waals surface area contributed by atoms with Gasteiger partial charge in [0.2, 0.25) is 5.91 Å². The van der Waals surface area contributed by atoms with Gasteiger partial charge in [-0.1, -0.05) is 17.7 Å². The number of carbonyl (C=O) groups is 1. The number of amides is 1. The predicted molar refractivity (Wildman–Crippen MR) is 117 cm³/mol. The highest BCUT2D eigenvalue weighted by Gasteiger charge is 2.28. The molecular weight excluding hydrogens is 420 g/mol. The molecule has 8 nitrogen and oxygen atoms in total. The second kappa shape index (κ2) is 10.0. The van der Waals surface area contributed by atoms with Crippen LogP contribution in [0.2, 0.25) is 0 Å². The van der Waals surface area contributed by atoms with Crippen LogP contribution in [0.15, 0.2) is 47.4 Å². The minimum Gasteiger partial charge on any atom is -0.493 e. The molecule has 0 aliphatic carbocycles. The Morgan fingerprint density at radius 1 is 1.13 bits per heavy atom. The van der Waals surface area contributed by atoms with Gasteiger partial charge in [0.05, 0.1) is 30.9 Å². The van der Waals surface area contributed by atoms with Gasteiger partial charge in [0, 0.05) is 19.2 Å². The van der Waals surface area contributed by atoms with E-state index in [1.165, 1.54) is 32.4 Å². The zero-order valence-corrected chi connectivity index (χ0v) is 18.8. The first-order valence-electron chi connectivity index (χ1n) is 10.0. The van der Waals surface area contributed by atoms with Crippen LogP contribution in [-0.2, 0) is 19.6 Å². The highest BCUT2D eigenvalue weighted by molar-refractivity contribution is 7.92. The minimum absolute atomic E-state index is 0.0350. The zero-order valence-electron chi connectivity index (χ0n) is 18.0. The van der Waals surface area contributed by atoms with Crippen LogP contribution in [-0.4, -0.2) is 54.3 Å². The van der Waals surface area contributed by atoms with Crippen molar-refractivity contribution in [1.82, 2.24) is 5.32 Å². The summed E-state index contributed by atoms with van der Waals surface area (Å²) in [4.78, 5) is 12.8. The Morgan fingerprint density at radius 2 is 1.84 bits per heavy atom. The van der Waals surface area contributed by atoms with E-state index < -0.39 is 15.9 Å². The van der Waals surface area contributed by atoms with Crippen LogP contribution in [0.3, 0.4) is 0 Å². The van der Waals surface area contributed by atoms with Crippen LogP contribution < -0.4 is 19.1 Å². The van der Waals surface area contributed by atoms with Gasteiger partial charge in [0.25, 0.3) is 10.0 Å². The molecule has 0 bridgehead atoms. The molecule has 1 atom stereocenters. The van der Waals surface area contributed by atoms with Crippen molar-refractivity contribution in [2.75, 3.05) is 38.2 Å². The van der Waals surface area contributed by atoms with Crippen LogP contribution in [0.4, 0.5) is 5.69 Å². The molecule has 1 saturated heterocycles. The lowest BCUT2D eigenvalue weighted by molar-refractivity contribution is -0.120. The third-order valence-electron chi connectivity index (χ3n) is 5.10. The Kier molecular flexibility index (Phi) is 7.40. The molecule has 168 valence electrons.